The second-order valence-corrected chi connectivity index (χ2v) is 8.63. The maximum atomic E-state index is 12.6. The zero-order valence-corrected chi connectivity index (χ0v) is 18.2. The minimum absolute atomic E-state index is 0.145. The van der Waals surface area contributed by atoms with Gasteiger partial charge < -0.3 is 4.74 Å². The number of H-pyrrole nitrogens is 1. The summed E-state index contributed by atoms with van der Waals surface area (Å²) < 4.78 is 35.4. The van der Waals surface area contributed by atoms with E-state index in [9.17, 15) is 8.42 Å². The van der Waals surface area contributed by atoms with Crippen LogP contribution in [0.4, 0.5) is 5.69 Å². The molecule has 0 bridgehead atoms. The predicted molar refractivity (Wildman–Crippen MR) is 114 cm³/mol. The van der Waals surface area contributed by atoms with Gasteiger partial charge in [-0.2, -0.15) is 5.10 Å². The van der Waals surface area contributed by atoms with Crippen LogP contribution in [0.2, 0.25) is 0 Å². The van der Waals surface area contributed by atoms with E-state index in [0.717, 1.165) is 11.4 Å². The van der Waals surface area contributed by atoms with Gasteiger partial charge in [-0.25, -0.2) is 13.4 Å². The Hall–Kier alpha value is -3.73. The Morgan fingerprint density at radius 2 is 1.71 bits per heavy atom. The molecule has 31 heavy (non-hydrogen) atoms. The normalized spacial score (nSPS) is 11.5. The monoisotopic (exact) mass is 439 g/mol. The molecule has 0 fully saturated rings. The van der Waals surface area contributed by atoms with E-state index in [1.165, 1.54) is 0 Å². The standard InChI is InChI=1S/C20H21N7O3S/c1-12-15(4)27(11-21-12)18-9-10-19(25-24-18)30-17-7-5-16(6-8-17)26-31(28,29)20-13(2)22-23-14(20)3/h5-11,26H,1-4H3,(H,22,23). The van der Waals surface area contributed by atoms with E-state index in [-0.39, 0.29) is 4.90 Å². The highest BCUT2D eigenvalue weighted by molar-refractivity contribution is 7.92. The number of hydrogen-bond acceptors (Lipinski definition) is 7. The van der Waals surface area contributed by atoms with E-state index in [4.69, 9.17) is 4.74 Å². The van der Waals surface area contributed by atoms with Gasteiger partial charge in [-0.3, -0.25) is 14.4 Å². The van der Waals surface area contributed by atoms with Gasteiger partial charge in [0.1, 0.15) is 17.0 Å². The van der Waals surface area contributed by atoms with Gasteiger partial charge in [0.25, 0.3) is 10.0 Å². The minimum Gasteiger partial charge on any atom is -0.438 e. The maximum absolute atomic E-state index is 12.6. The fraction of sp³-hybridized carbons (Fsp3) is 0.200. The van der Waals surface area contributed by atoms with Gasteiger partial charge in [0.05, 0.1) is 17.1 Å². The zero-order chi connectivity index (χ0) is 22.2. The summed E-state index contributed by atoms with van der Waals surface area (Å²) in [6.07, 6.45) is 1.70. The first-order chi connectivity index (χ1) is 14.7. The number of rotatable bonds is 6. The summed E-state index contributed by atoms with van der Waals surface area (Å²) in [6.45, 7) is 7.18. The van der Waals surface area contributed by atoms with Crippen molar-refractivity contribution in [3.05, 3.63) is 65.5 Å². The zero-order valence-electron chi connectivity index (χ0n) is 17.4. The third-order valence-corrected chi connectivity index (χ3v) is 6.43. The van der Waals surface area contributed by atoms with E-state index in [1.807, 2.05) is 18.4 Å². The summed E-state index contributed by atoms with van der Waals surface area (Å²) >= 11 is 0. The number of aromatic nitrogens is 6. The number of imidazole rings is 1. The third-order valence-electron chi connectivity index (χ3n) is 4.78. The van der Waals surface area contributed by atoms with Crippen LogP contribution in [0, 0.1) is 27.7 Å². The Kier molecular flexibility index (Phi) is 5.19. The average molecular weight is 440 g/mol. The lowest BCUT2D eigenvalue weighted by atomic mass is 10.3. The highest BCUT2D eigenvalue weighted by atomic mass is 32.2. The number of nitrogens with one attached hydrogen (secondary N) is 2. The Balaban J connectivity index is 1.46. The summed E-state index contributed by atoms with van der Waals surface area (Å²) in [7, 11) is -3.75. The van der Waals surface area contributed by atoms with Crippen LogP contribution in [0.1, 0.15) is 22.8 Å². The molecule has 4 rings (SSSR count). The number of ether oxygens (including phenoxy) is 1. The number of aromatic amines is 1. The van der Waals surface area contributed by atoms with Crippen molar-refractivity contribution in [3.8, 4) is 17.4 Å². The molecule has 3 aromatic heterocycles. The molecule has 4 aromatic rings. The number of sulfonamides is 1. The van der Waals surface area contributed by atoms with E-state index >= 15 is 0 Å². The van der Waals surface area contributed by atoms with Crippen LogP contribution >= 0.6 is 0 Å². The van der Waals surface area contributed by atoms with Crippen molar-refractivity contribution in [2.24, 2.45) is 0 Å². The summed E-state index contributed by atoms with van der Waals surface area (Å²) in [4.78, 5) is 4.40. The lowest BCUT2D eigenvalue weighted by Gasteiger charge is -2.10. The second kappa shape index (κ2) is 7.84. The molecule has 0 unspecified atom stereocenters. The number of benzene rings is 1. The molecule has 1 aromatic carbocycles. The molecule has 0 amide bonds. The largest absolute Gasteiger partial charge is 0.438 e. The predicted octanol–water partition coefficient (Wildman–Crippen LogP) is 3.21. The molecule has 10 nitrogen and oxygen atoms in total. The maximum Gasteiger partial charge on any atom is 0.265 e. The van der Waals surface area contributed by atoms with E-state index in [2.05, 4.69) is 30.1 Å². The van der Waals surface area contributed by atoms with Gasteiger partial charge >= 0.3 is 0 Å². The van der Waals surface area contributed by atoms with Crippen molar-refractivity contribution in [3.63, 3.8) is 0 Å². The Morgan fingerprint density at radius 1 is 0.968 bits per heavy atom. The molecule has 0 aliphatic rings. The van der Waals surface area contributed by atoms with E-state index in [0.29, 0.717) is 34.5 Å². The number of nitrogens with zero attached hydrogens (tertiary/aromatic N) is 5. The van der Waals surface area contributed by atoms with Crippen molar-refractivity contribution in [2.75, 3.05) is 4.72 Å². The first-order valence-corrected chi connectivity index (χ1v) is 10.9. The quantitative estimate of drug-likeness (QED) is 0.472. The molecule has 0 saturated carbocycles. The SMILES string of the molecule is Cc1n[nH]c(C)c1S(=O)(=O)Nc1ccc(Oc2ccc(-n3cnc(C)c3C)nn2)cc1. The van der Waals surface area contributed by atoms with E-state index in [1.54, 1.807) is 56.6 Å². The molecule has 0 aliphatic carbocycles. The smallest absolute Gasteiger partial charge is 0.265 e. The summed E-state index contributed by atoms with van der Waals surface area (Å²) in [5.74, 6) is 1.45. The molecular weight excluding hydrogens is 418 g/mol. The first-order valence-electron chi connectivity index (χ1n) is 9.41. The Labute approximate surface area is 179 Å². The molecule has 0 radical (unpaired) electrons. The van der Waals surface area contributed by atoms with Gasteiger partial charge in [0.15, 0.2) is 5.82 Å². The topological polar surface area (TPSA) is 128 Å². The second-order valence-electron chi connectivity index (χ2n) is 7.01. The number of hydrogen-bond donors (Lipinski definition) is 2. The highest BCUT2D eigenvalue weighted by Crippen LogP contribution is 2.25. The van der Waals surface area contributed by atoms with Gasteiger partial charge in [-0.1, -0.05) is 0 Å². The fourth-order valence-electron chi connectivity index (χ4n) is 3.08. The van der Waals surface area contributed by atoms with Crippen molar-refractivity contribution in [1.29, 1.82) is 0 Å². The number of aryl methyl sites for hydroxylation is 3. The van der Waals surface area contributed by atoms with Crippen molar-refractivity contribution >= 4 is 15.7 Å². The fourth-order valence-corrected chi connectivity index (χ4v) is 4.51. The molecule has 0 atom stereocenters. The highest BCUT2D eigenvalue weighted by Gasteiger charge is 2.22. The van der Waals surface area contributed by atoms with Crippen LogP contribution in [-0.4, -0.2) is 38.4 Å². The summed E-state index contributed by atoms with van der Waals surface area (Å²) in [5.41, 5.74) is 3.21. The molecule has 160 valence electrons. The van der Waals surface area contributed by atoms with Gasteiger partial charge in [-0.15, -0.1) is 10.2 Å². The summed E-state index contributed by atoms with van der Waals surface area (Å²) in [6, 6.07) is 10.00. The van der Waals surface area contributed by atoms with Crippen LogP contribution in [0.5, 0.6) is 11.6 Å². The molecule has 0 saturated heterocycles. The molecule has 0 spiro atoms. The lowest BCUT2D eigenvalue weighted by molar-refractivity contribution is 0.454. The summed E-state index contributed by atoms with van der Waals surface area (Å²) in [5, 5.41) is 14.9. The Morgan fingerprint density at radius 3 is 2.26 bits per heavy atom. The molecule has 2 N–H and O–H groups in total. The average Bonchev–Trinajstić information content (AvgIpc) is 3.25. The van der Waals surface area contributed by atoms with Crippen molar-refractivity contribution in [1.82, 2.24) is 29.9 Å². The van der Waals surface area contributed by atoms with Crippen molar-refractivity contribution < 1.29 is 13.2 Å². The van der Waals surface area contributed by atoms with Gasteiger partial charge in [-0.05, 0) is 58.0 Å². The molecule has 0 aliphatic heterocycles. The molecule has 11 heteroatoms. The van der Waals surface area contributed by atoms with Crippen LogP contribution in [0.15, 0.2) is 47.6 Å². The van der Waals surface area contributed by atoms with Gasteiger partial charge in [0.2, 0.25) is 5.88 Å². The number of anilines is 1. The van der Waals surface area contributed by atoms with E-state index < -0.39 is 10.0 Å². The van der Waals surface area contributed by atoms with Crippen LogP contribution in [0.25, 0.3) is 5.82 Å². The van der Waals surface area contributed by atoms with Crippen molar-refractivity contribution in [2.45, 2.75) is 32.6 Å². The van der Waals surface area contributed by atoms with Gasteiger partial charge in [0, 0.05) is 17.4 Å². The van der Waals surface area contributed by atoms with Crippen LogP contribution in [0.3, 0.4) is 0 Å². The minimum atomic E-state index is -3.75. The molecule has 3 heterocycles. The van der Waals surface area contributed by atoms with Crippen LogP contribution in [-0.2, 0) is 10.0 Å². The molecular formula is C20H21N7O3S. The first kappa shape index (κ1) is 20.5. The lowest BCUT2D eigenvalue weighted by Crippen LogP contribution is -2.14. The van der Waals surface area contributed by atoms with Crippen LogP contribution < -0.4 is 9.46 Å². The third kappa shape index (κ3) is 4.12. The Bertz CT molecular complexity index is 1300.